The van der Waals surface area contributed by atoms with E-state index in [4.69, 9.17) is 9.47 Å². The van der Waals surface area contributed by atoms with E-state index >= 15 is 0 Å². The third-order valence-corrected chi connectivity index (χ3v) is 2.75. The third kappa shape index (κ3) is 2.70. The summed E-state index contributed by atoms with van der Waals surface area (Å²) in [7, 11) is 0. The number of ether oxygens (including phenoxy) is 2. The highest BCUT2D eigenvalue weighted by molar-refractivity contribution is 5.86. The van der Waals surface area contributed by atoms with Crippen LogP contribution in [0.1, 0.15) is 25.7 Å². The number of nitrogens with one attached hydrogen (secondary N) is 2. The Morgan fingerprint density at radius 1 is 0.875 bits per heavy atom. The van der Waals surface area contributed by atoms with E-state index < -0.39 is 12.2 Å². The van der Waals surface area contributed by atoms with Crippen molar-refractivity contribution in [3.8, 4) is 0 Å². The third-order valence-electron chi connectivity index (χ3n) is 2.75. The Bertz CT molecular complexity index is 242. The lowest BCUT2D eigenvalue weighted by Crippen LogP contribution is -2.49. The molecule has 2 atom stereocenters. The van der Waals surface area contributed by atoms with Gasteiger partial charge in [-0.15, -0.1) is 0 Å². The van der Waals surface area contributed by atoms with Crippen LogP contribution in [0.15, 0.2) is 0 Å². The average Bonchev–Trinajstić information content (AvgIpc) is 2.95. The highest BCUT2D eigenvalue weighted by Gasteiger charge is 2.26. The molecule has 2 rings (SSSR count). The number of hydrogen-bond donors (Lipinski definition) is 2. The van der Waals surface area contributed by atoms with Crippen LogP contribution in [-0.2, 0) is 19.1 Å². The first-order chi connectivity index (χ1) is 7.77. The van der Waals surface area contributed by atoms with Crippen LogP contribution in [0.5, 0.6) is 0 Å². The smallest absolute Gasteiger partial charge is 0.267 e. The summed E-state index contributed by atoms with van der Waals surface area (Å²) in [6, 6.07) is 0. The van der Waals surface area contributed by atoms with Crippen molar-refractivity contribution < 1.29 is 19.1 Å². The predicted octanol–water partition coefficient (Wildman–Crippen LogP) is -0.508. The molecule has 2 aliphatic heterocycles. The topological polar surface area (TPSA) is 76.7 Å². The quantitative estimate of drug-likeness (QED) is 0.624. The minimum Gasteiger partial charge on any atom is -0.368 e. The molecule has 0 aromatic rings. The van der Waals surface area contributed by atoms with Gasteiger partial charge in [0.05, 0.1) is 0 Å². The number of carbonyl (C=O) groups is 2. The summed E-state index contributed by atoms with van der Waals surface area (Å²) in [5.74, 6) is -0.576. The van der Waals surface area contributed by atoms with Crippen molar-refractivity contribution in [2.24, 2.45) is 0 Å². The van der Waals surface area contributed by atoms with Crippen LogP contribution in [0.2, 0.25) is 0 Å². The Morgan fingerprint density at radius 2 is 1.31 bits per heavy atom. The van der Waals surface area contributed by atoms with Crippen LogP contribution < -0.4 is 10.9 Å². The molecular formula is C10H16N2O4. The van der Waals surface area contributed by atoms with Crippen molar-refractivity contribution in [1.82, 2.24) is 10.9 Å². The van der Waals surface area contributed by atoms with E-state index in [0.29, 0.717) is 26.1 Å². The molecule has 0 radical (unpaired) electrons. The molecule has 2 saturated heterocycles. The Hall–Kier alpha value is -1.14. The zero-order valence-electron chi connectivity index (χ0n) is 9.03. The van der Waals surface area contributed by atoms with Gasteiger partial charge >= 0.3 is 0 Å². The molecule has 0 saturated carbocycles. The lowest BCUT2D eigenvalue weighted by molar-refractivity contribution is -0.138. The molecule has 2 N–H and O–H groups in total. The van der Waals surface area contributed by atoms with Crippen molar-refractivity contribution in [3.63, 3.8) is 0 Å². The first-order valence-corrected chi connectivity index (χ1v) is 5.60. The van der Waals surface area contributed by atoms with E-state index in [2.05, 4.69) is 10.9 Å². The molecule has 0 spiro atoms. The molecule has 0 bridgehead atoms. The minimum atomic E-state index is -0.426. The molecule has 2 fully saturated rings. The van der Waals surface area contributed by atoms with Gasteiger partial charge in [-0.1, -0.05) is 0 Å². The zero-order chi connectivity index (χ0) is 11.4. The molecule has 0 aromatic heterocycles. The summed E-state index contributed by atoms with van der Waals surface area (Å²) in [6.45, 7) is 1.22. The van der Waals surface area contributed by atoms with Crippen LogP contribution in [-0.4, -0.2) is 37.2 Å². The summed E-state index contributed by atoms with van der Waals surface area (Å²) in [6.07, 6.45) is 2.34. The maximum Gasteiger partial charge on any atom is 0.267 e. The summed E-state index contributed by atoms with van der Waals surface area (Å²) in [5, 5.41) is 0. The molecule has 2 amide bonds. The number of hydrazine groups is 1. The number of amides is 2. The fourth-order valence-corrected chi connectivity index (χ4v) is 1.85. The summed E-state index contributed by atoms with van der Waals surface area (Å²) in [4.78, 5) is 22.9. The van der Waals surface area contributed by atoms with Crippen molar-refractivity contribution in [2.45, 2.75) is 37.9 Å². The molecule has 6 nitrogen and oxygen atoms in total. The van der Waals surface area contributed by atoms with Crippen molar-refractivity contribution in [3.05, 3.63) is 0 Å². The van der Waals surface area contributed by atoms with Gasteiger partial charge in [-0.25, -0.2) is 0 Å². The monoisotopic (exact) mass is 228 g/mol. The van der Waals surface area contributed by atoms with Gasteiger partial charge in [0.2, 0.25) is 0 Å². The van der Waals surface area contributed by atoms with Crippen molar-refractivity contribution in [1.29, 1.82) is 0 Å². The molecule has 0 aromatic carbocycles. The van der Waals surface area contributed by atoms with E-state index in [0.717, 1.165) is 12.8 Å². The van der Waals surface area contributed by atoms with Crippen molar-refractivity contribution in [2.75, 3.05) is 13.2 Å². The van der Waals surface area contributed by atoms with E-state index in [9.17, 15) is 9.59 Å². The van der Waals surface area contributed by atoms with Crippen LogP contribution >= 0.6 is 0 Å². The van der Waals surface area contributed by atoms with Crippen LogP contribution in [0.4, 0.5) is 0 Å². The number of carbonyl (C=O) groups excluding carboxylic acids is 2. The Balaban J connectivity index is 1.69. The van der Waals surface area contributed by atoms with Gasteiger partial charge in [0.15, 0.2) is 0 Å². The highest BCUT2D eigenvalue weighted by atomic mass is 16.5. The van der Waals surface area contributed by atoms with Gasteiger partial charge in [0.25, 0.3) is 11.8 Å². The van der Waals surface area contributed by atoms with Gasteiger partial charge in [0.1, 0.15) is 12.2 Å². The van der Waals surface area contributed by atoms with E-state index in [1.54, 1.807) is 0 Å². The fraction of sp³-hybridized carbons (Fsp3) is 0.800. The number of hydrogen-bond acceptors (Lipinski definition) is 4. The lowest BCUT2D eigenvalue weighted by atomic mass is 10.2. The zero-order valence-corrected chi connectivity index (χ0v) is 9.03. The standard InChI is InChI=1S/C10H16N2O4/c13-9(7-3-1-5-15-7)11-12-10(14)8-4-2-6-16-8/h7-8H,1-6H2,(H,11,13)(H,12,14). The molecule has 2 unspecified atom stereocenters. The maximum absolute atomic E-state index is 11.5. The molecule has 2 heterocycles. The number of rotatable bonds is 2. The highest BCUT2D eigenvalue weighted by Crippen LogP contribution is 2.12. The normalized spacial score (nSPS) is 29.0. The summed E-state index contributed by atoms with van der Waals surface area (Å²) >= 11 is 0. The second kappa shape index (κ2) is 5.27. The minimum absolute atomic E-state index is 0.288. The van der Waals surface area contributed by atoms with Crippen LogP contribution in [0.25, 0.3) is 0 Å². The van der Waals surface area contributed by atoms with Gasteiger partial charge in [0, 0.05) is 13.2 Å². The Kier molecular flexibility index (Phi) is 3.74. The SMILES string of the molecule is O=C(NNC(=O)C1CCCO1)C1CCCO1. The first kappa shape index (κ1) is 11.3. The van der Waals surface area contributed by atoms with E-state index in [1.165, 1.54) is 0 Å². The Morgan fingerprint density at radius 3 is 1.62 bits per heavy atom. The summed E-state index contributed by atoms with van der Waals surface area (Å²) < 4.78 is 10.4. The predicted molar refractivity (Wildman–Crippen MR) is 54.2 cm³/mol. The fourth-order valence-electron chi connectivity index (χ4n) is 1.85. The molecule has 16 heavy (non-hydrogen) atoms. The average molecular weight is 228 g/mol. The maximum atomic E-state index is 11.5. The van der Waals surface area contributed by atoms with Gasteiger partial charge < -0.3 is 9.47 Å². The van der Waals surface area contributed by atoms with Gasteiger partial charge in [-0.3, -0.25) is 20.4 Å². The van der Waals surface area contributed by atoms with Crippen molar-refractivity contribution >= 4 is 11.8 Å². The molecular weight excluding hydrogens is 212 g/mol. The van der Waals surface area contributed by atoms with E-state index in [1.807, 2.05) is 0 Å². The summed E-state index contributed by atoms with van der Waals surface area (Å²) in [5.41, 5.74) is 4.72. The molecule has 0 aliphatic carbocycles. The molecule has 90 valence electrons. The Labute approximate surface area is 93.6 Å². The largest absolute Gasteiger partial charge is 0.368 e. The molecule has 6 heteroatoms. The lowest BCUT2D eigenvalue weighted by Gasteiger charge is -2.13. The molecule has 2 aliphatic rings. The van der Waals surface area contributed by atoms with Gasteiger partial charge in [-0.2, -0.15) is 0 Å². The first-order valence-electron chi connectivity index (χ1n) is 5.60. The van der Waals surface area contributed by atoms with Crippen LogP contribution in [0, 0.1) is 0 Å². The second-order valence-electron chi connectivity index (χ2n) is 3.98. The second-order valence-corrected chi connectivity index (χ2v) is 3.98. The van der Waals surface area contributed by atoms with Crippen LogP contribution in [0.3, 0.4) is 0 Å². The van der Waals surface area contributed by atoms with Gasteiger partial charge in [-0.05, 0) is 25.7 Å². The van der Waals surface area contributed by atoms with E-state index in [-0.39, 0.29) is 11.8 Å².